The number of fused-ring (bicyclic) bond motifs is 6. The van der Waals surface area contributed by atoms with Crippen molar-refractivity contribution in [2.45, 2.75) is 0 Å². The predicted molar refractivity (Wildman–Crippen MR) is 214 cm³/mol. The summed E-state index contributed by atoms with van der Waals surface area (Å²) in [6.45, 7) is 0. The molecule has 0 aliphatic heterocycles. The van der Waals surface area contributed by atoms with E-state index in [0.717, 1.165) is 72.5 Å². The molecule has 0 amide bonds. The Hall–Kier alpha value is -6.84. The van der Waals surface area contributed by atoms with Crippen LogP contribution in [0.1, 0.15) is 0 Å². The highest BCUT2D eigenvalue weighted by Crippen LogP contribution is 2.47. The van der Waals surface area contributed by atoms with E-state index >= 15 is 0 Å². The van der Waals surface area contributed by atoms with Gasteiger partial charge in [-0.25, -0.2) is 0 Å². The highest BCUT2D eigenvalue weighted by Gasteiger charge is 2.23. The van der Waals surface area contributed by atoms with Crippen LogP contribution < -0.4 is 4.90 Å². The van der Waals surface area contributed by atoms with Crippen LogP contribution in [-0.4, -0.2) is 4.57 Å². The molecule has 0 fully saturated rings. The number of nitrogens with zero attached hydrogens (tertiary/aromatic N) is 2. The fourth-order valence-corrected chi connectivity index (χ4v) is 7.77. The zero-order valence-electron chi connectivity index (χ0n) is 27.8. The van der Waals surface area contributed by atoms with Gasteiger partial charge in [-0.3, -0.25) is 0 Å². The molecule has 0 bridgehead atoms. The number of hydrogen-bond donors (Lipinski definition) is 0. The highest BCUT2D eigenvalue weighted by molar-refractivity contribution is 6.17. The third kappa shape index (κ3) is 4.74. The summed E-state index contributed by atoms with van der Waals surface area (Å²) in [6.07, 6.45) is 0. The molecule has 2 aromatic heterocycles. The minimum Gasteiger partial charge on any atom is -0.455 e. The van der Waals surface area contributed by atoms with Crippen LogP contribution in [0.4, 0.5) is 17.1 Å². The van der Waals surface area contributed by atoms with Crippen LogP contribution >= 0.6 is 0 Å². The van der Waals surface area contributed by atoms with Gasteiger partial charge in [-0.1, -0.05) is 133 Å². The Morgan fingerprint density at radius 2 is 1.06 bits per heavy atom. The summed E-state index contributed by atoms with van der Waals surface area (Å²) in [6, 6.07) is 69.1. The lowest BCUT2D eigenvalue weighted by Gasteiger charge is -2.27. The number of aromatic nitrogens is 1. The molecule has 0 radical (unpaired) electrons. The summed E-state index contributed by atoms with van der Waals surface area (Å²) in [5.74, 6) is 0. The fourth-order valence-electron chi connectivity index (χ4n) is 7.77. The molecule has 51 heavy (non-hydrogen) atoms. The van der Waals surface area contributed by atoms with E-state index in [-0.39, 0.29) is 0 Å². The van der Waals surface area contributed by atoms with E-state index < -0.39 is 0 Å². The maximum Gasteiger partial charge on any atom is 0.143 e. The van der Waals surface area contributed by atoms with E-state index in [1.807, 2.05) is 6.07 Å². The average molecular weight is 653 g/mol. The molecule has 3 heteroatoms. The van der Waals surface area contributed by atoms with Crippen molar-refractivity contribution < 1.29 is 4.42 Å². The fraction of sp³-hybridized carbons (Fsp3) is 0. The van der Waals surface area contributed by atoms with Crippen molar-refractivity contribution >= 4 is 60.8 Å². The number of benzene rings is 8. The van der Waals surface area contributed by atoms with E-state index in [2.05, 4.69) is 198 Å². The van der Waals surface area contributed by atoms with Gasteiger partial charge in [0.2, 0.25) is 0 Å². The monoisotopic (exact) mass is 652 g/mol. The normalized spacial score (nSPS) is 11.5. The molecular weight excluding hydrogens is 621 g/mol. The van der Waals surface area contributed by atoms with Gasteiger partial charge in [0, 0.05) is 44.2 Å². The predicted octanol–water partition coefficient (Wildman–Crippen LogP) is 13.5. The third-order valence-corrected chi connectivity index (χ3v) is 9.99. The summed E-state index contributed by atoms with van der Waals surface area (Å²) < 4.78 is 9.01. The van der Waals surface area contributed by atoms with Gasteiger partial charge >= 0.3 is 0 Å². The van der Waals surface area contributed by atoms with Gasteiger partial charge in [0.15, 0.2) is 0 Å². The minimum atomic E-state index is 0.893. The van der Waals surface area contributed by atoms with Crippen LogP contribution in [0.5, 0.6) is 0 Å². The van der Waals surface area contributed by atoms with Crippen LogP contribution in [0.25, 0.3) is 71.7 Å². The molecular formula is C48H32N2O. The molecule has 0 saturated heterocycles. The maximum atomic E-state index is 6.63. The van der Waals surface area contributed by atoms with E-state index in [9.17, 15) is 0 Å². The standard InChI is InChI=1S/C48H32N2O/c1-4-16-33(17-5-1)37-31-30-36(32-42(37)40-25-14-24-39-38-22-11-13-29-46(38)51-48(39)40)49(34-18-6-2-7-19-34)44-27-15-28-45-47(44)41-23-10-12-26-43(41)50(45)35-20-8-3-9-21-35/h1-32H. The van der Waals surface area contributed by atoms with Crippen LogP contribution in [-0.2, 0) is 0 Å². The number of furan rings is 1. The van der Waals surface area contributed by atoms with Gasteiger partial charge in [-0.2, -0.15) is 0 Å². The molecule has 8 aromatic carbocycles. The minimum absolute atomic E-state index is 0.893. The Kier molecular flexibility index (Phi) is 6.81. The SMILES string of the molecule is c1ccc(-c2ccc(N(c3ccccc3)c3cccc4c3c3ccccc3n4-c3ccccc3)cc2-c2cccc3c2oc2ccccc23)cc1. The summed E-state index contributed by atoms with van der Waals surface area (Å²) in [4.78, 5) is 2.40. The summed E-state index contributed by atoms with van der Waals surface area (Å²) in [5.41, 5.74) is 13.0. The van der Waals surface area contributed by atoms with Gasteiger partial charge in [0.25, 0.3) is 0 Å². The third-order valence-electron chi connectivity index (χ3n) is 9.99. The lowest BCUT2D eigenvalue weighted by molar-refractivity contribution is 0.670. The first-order valence-corrected chi connectivity index (χ1v) is 17.4. The largest absolute Gasteiger partial charge is 0.455 e. The molecule has 0 aliphatic rings. The molecule has 2 heterocycles. The first-order valence-electron chi connectivity index (χ1n) is 17.4. The molecule has 10 rings (SSSR count). The van der Waals surface area contributed by atoms with E-state index in [0.29, 0.717) is 0 Å². The van der Waals surface area contributed by atoms with E-state index in [1.54, 1.807) is 0 Å². The van der Waals surface area contributed by atoms with Gasteiger partial charge in [-0.15, -0.1) is 0 Å². The van der Waals surface area contributed by atoms with Crippen molar-refractivity contribution in [3.63, 3.8) is 0 Å². The Balaban J connectivity index is 1.27. The Bertz CT molecular complexity index is 2850. The van der Waals surface area contributed by atoms with Crippen LogP contribution in [0.2, 0.25) is 0 Å². The van der Waals surface area contributed by atoms with Gasteiger partial charge in [-0.05, 0) is 77.4 Å². The molecule has 0 spiro atoms. The van der Waals surface area contributed by atoms with Crippen LogP contribution in [0.15, 0.2) is 199 Å². The zero-order valence-corrected chi connectivity index (χ0v) is 27.8. The van der Waals surface area contributed by atoms with Crippen molar-refractivity contribution in [2.24, 2.45) is 0 Å². The van der Waals surface area contributed by atoms with Crippen molar-refractivity contribution in [3.05, 3.63) is 194 Å². The van der Waals surface area contributed by atoms with E-state index in [1.165, 1.54) is 16.3 Å². The summed E-state index contributed by atoms with van der Waals surface area (Å²) >= 11 is 0. The molecule has 240 valence electrons. The second kappa shape index (κ2) is 11.9. The van der Waals surface area contributed by atoms with Gasteiger partial charge in [0.05, 0.1) is 16.7 Å². The molecule has 0 N–H and O–H groups in total. The Morgan fingerprint density at radius 1 is 0.412 bits per heavy atom. The lowest BCUT2D eigenvalue weighted by Crippen LogP contribution is -2.10. The van der Waals surface area contributed by atoms with Gasteiger partial charge < -0.3 is 13.9 Å². The lowest BCUT2D eigenvalue weighted by atomic mass is 9.92. The molecule has 3 nitrogen and oxygen atoms in total. The Labute approximate surface area is 295 Å². The second-order valence-corrected chi connectivity index (χ2v) is 12.9. The van der Waals surface area contributed by atoms with Crippen molar-refractivity contribution in [3.8, 4) is 27.9 Å². The van der Waals surface area contributed by atoms with Crippen molar-refractivity contribution in [1.29, 1.82) is 0 Å². The van der Waals surface area contributed by atoms with Gasteiger partial charge in [0.1, 0.15) is 11.2 Å². The quantitative estimate of drug-likeness (QED) is 0.178. The first kappa shape index (κ1) is 29.1. The average Bonchev–Trinajstić information content (AvgIpc) is 3.76. The summed E-state index contributed by atoms with van der Waals surface area (Å²) in [5, 5.41) is 4.65. The van der Waals surface area contributed by atoms with Crippen LogP contribution in [0, 0.1) is 0 Å². The van der Waals surface area contributed by atoms with E-state index in [4.69, 9.17) is 4.42 Å². The second-order valence-electron chi connectivity index (χ2n) is 12.9. The first-order chi connectivity index (χ1) is 25.3. The van der Waals surface area contributed by atoms with Crippen LogP contribution in [0.3, 0.4) is 0 Å². The zero-order chi connectivity index (χ0) is 33.7. The molecule has 10 aromatic rings. The maximum absolute atomic E-state index is 6.63. The molecule has 0 atom stereocenters. The number of hydrogen-bond acceptors (Lipinski definition) is 2. The smallest absolute Gasteiger partial charge is 0.143 e. The number of rotatable bonds is 6. The van der Waals surface area contributed by atoms with Crippen molar-refractivity contribution in [2.75, 3.05) is 4.90 Å². The number of para-hydroxylation sites is 5. The Morgan fingerprint density at radius 3 is 1.88 bits per heavy atom. The topological polar surface area (TPSA) is 21.3 Å². The molecule has 0 saturated carbocycles. The molecule has 0 unspecified atom stereocenters. The number of anilines is 3. The van der Waals surface area contributed by atoms with Crippen molar-refractivity contribution in [1.82, 2.24) is 4.57 Å². The molecule has 0 aliphatic carbocycles. The summed E-state index contributed by atoms with van der Waals surface area (Å²) in [7, 11) is 0. The highest BCUT2D eigenvalue weighted by atomic mass is 16.3.